The van der Waals surface area contributed by atoms with E-state index in [1.807, 2.05) is 24.3 Å². The number of rotatable bonds is 4. The van der Waals surface area contributed by atoms with Crippen LogP contribution in [0.15, 0.2) is 24.3 Å². The molecule has 106 valence electrons. The van der Waals surface area contributed by atoms with Crippen LogP contribution in [0.25, 0.3) is 0 Å². The topological polar surface area (TPSA) is 41.5 Å². The first kappa shape index (κ1) is 14.6. The van der Waals surface area contributed by atoms with Crippen LogP contribution >= 0.6 is 11.6 Å². The first-order valence-electron chi connectivity index (χ1n) is 6.81. The number of para-hydroxylation sites is 1. The van der Waals surface area contributed by atoms with Crippen LogP contribution in [-0.4, -0.2) is 30.0 Å². The molecule has 2 atom stereocenters. The molecule has 1 aromatic carbocycles. The van der Waals surface area contributed by atoms with E-state index >= 15 is 0 Å². The lowest BCUT2D eigenvalue weighted by Gasteiger charge is -2.42. The minimum absolute atomic E-state index is 0.0881. The van der Waals surface area contributed by atoms with Crippen molar-refractivity contribution >= 4 is 17.3 Å². The van der Waals surface area contributed by atoms with Gasteiger partial charge >= 0.3 is 0 Å². The van der Waals surface area contributed by atoms with E-state index in [-0.39, 0.29) is 18.2 Å². The van der Waals surface area contributed by atoms with Gasteiger partial charge in [0.15, 0.2) is 0 Å². The smallest absolute Gasteiger partial charge is 0.0663 e. The monoisotopic (exact) mass is 283 g/mol. The Morgan fingerprint density at radius 2 is 2.21 bits per heavy atom. The van der Waals surface area contributed by atoms with E-state index in [2.05, 4.69) is 19.2 Å². The molecule has 3 nitrogen and oxygen atoms in total. The Kier molecular flexibility index (Phi) is 4.71. The van der Waals surface area contributed by atoms with Crippen molar-refractivity contribution in [2.45, 2.75) is 38.3 Å². The molecule has 1 fully saturated rings. The number of hydrogen-bond acceptors (Lipinski definition) is 3. The van der Waals surface area contributed by atoms with Crippen LogP contribution in [-0.2, 0) is 4.74 Å². The molecule has 0 amide bonds. The van der Waals surface area contributed by atoms with Crippen molar-refractivity contribution in [1.29, 1.82) is 0 Å². The summed E-state index contributed by atoms with van der Waals surface area (Å²) in [6.07, 6.45) is 1.76. The molecule has 0 spiro atoms. The number of hydrogen-bond donors (Lipinski definition) is 2. The van der Waals surface area contributed by atoms with E-state index in [0.717, 1.165) is 18.5 Å². The van der Waals surface area contributed by atoms with Crippen LogP contribution < -0.4 is 5.32 Å². The highest BCUT2D eigenvalue weighted by Crippen LogP contribution is 2.33. The Labute approximate surface area is 119 Å². The van der Waals surface area contributed by atoms with Gasteiger partial charge in [0.2, 0.25) is 0 Å². The number of ether oxygens (including phenoxy) is 1. The second kappa shape index (κ2) is 6.12. The summed E-state index contributed by atoms with van der Waals surface area (Å²) < 4.78 is 5.78. The number of aliphatic hydroxyl groups excluding tert-OH is 1. The van der Waals surface area contributed by atoms with E-state index < -0.39 is 0 Å². The summed E-state index contributed by atoms with van der Waals surface area (Å²) in [5, 5.41) is 14.0. The van der Waals surface area contributed by atoms with Gasteiger partial charge < -0.3 is 15.2 Å². The summed E-state index contributed by atoms with van der Waals surface area (Å²) in [5.41, 5.74) is 0.542. The molecule has 1 aliphatic rings. The van der Waals surface area contributed by atoms with Crippen molar-refractivity contribution < 1.29 is 9.84 Å². The Hall–Kier alpha value is -0.770. The van der Waals surface area contributed by atoms with Crippen LogP contribution in [0, 0.1) is 5.92 Å². The molecule has 4 heteroatoms. The van der Waals surface area contributed by atoms with Crippen molar-refractivity contribution in [3.63, 3.8) is 0 Å². The lowest BCUT2D eigenvalue weighted by molar-refractivity contribution is -0.0481. The zero-order chi connectivity index (χ0) is 13.9. The first-order chi connectivity index (χ1) is 9.06. The normalized spacial score (nSPS) is 27.5. The summed E-state index contributed by atoms with van der Waals surface area (Å²) in [7, 11) is 0. The number of halogens is 1. The molecule has 1 aromatic rings. The lowest BCUT2D eigenvalue weighted by atomic mass is 9.83. The number of aliphatic hydroxyl groups is 1. The van der Waals surface area contributed by atoms with Gasteiger partial charge in [0.25, 0.3) is 0 Å². The van der Waals surface area contributed by atoms with Gasteiger partial charge in [0.05, 0.1) is 29.0 Å². The van der Waals surface area contributed by atoms with Gasteiger partial charge in [-0.3, -0.25) is 0 Å². The predicted octanol–water partition coefficient (Wildman–Crippen LogP) is 3.32. The summed E-state index contributed by atoms with van der Waals surface area (Å²) >= 11 is 6.19. The second-order valence-corrected chi connectivity index (χ2v) is 6.06. The van der Waals surface area contributed by atoms with E-state index in [1.54, 1.807) is 0 Å². The van der Waals surface area contributed by atoms with Crippen molar-refractivity contribution in [2.24, 2.45) is 5.92 Å². The molecule has 2 N–H and O–H groups in total. The Morgan fingerprint density at radius 3 is 2.84 bits per heavy atom. The SMILES string of the molecule is CC(C)C1CC(CO)(Nc2ccccc2Cl)CCO1. The predicted molar refractivity (Wildman–Crippen MR) is 78.7 cm³/mol. The highest BCUT2D eigenvalue weighted by molar-refractivity contribution is 6.33. The zero-order valence-electron chi connectivity index (χ0n) is 11.5. The third kappa shape index (κ3) is 3.41. The van der Waals surface area contributed by atoms with E-state index in [4.69, 9.17) is 16.3 Å². The van der Waals surface area contributed by atoms with Crippen molar-refractivity contribution in [1.82, 2.24) is 0 Å². The zero-order valence-corrected chi connectivity index (χ0v) is 12.3. The van der Waals surface area contributed by atoms with E-state index in [9.17, 15) is 5.11 Å². The third-order valence-corrected chi connectivity index (χ3v) is 4.15. The highest BCUT2D eigenvalue weighted by Gasteiger charge is 2.37. The molecule has 0 aliphatic carbocycles. The standard InChI is InChI=1S/C15H22ClNO2/c1-11(2)14-9-15(10-18,7-8-19-14)17-13-6-4-3-5-12(13)16/h3-6,11,14,17-18H,7-10H2,1-2H3. The van der Waals surface area contributed by atoms with Gasteiger partial charge in [-0.15, -0.1) is 0 Å². The summed E-state index contributed by atoms with van der Waals surface area (Å²) in [6.45, 7) is 5.05. The van der Waals surface area contributed by atoms with Crippen LogP contribution in [0.2, 0.25) is 5.02 Å². The Morgan fingerprint density at radius 1 is 1.47 bits per heavy atom. The first-order valence-corrected chi connectivity index (χ1v) is 7.19. The van der Waals surface area contributed by atoms with Crippen molar-refractivity contribution in [3.8, 4) is 0 Å². The van der Waals surface area contributed by atoms with Gasteiger partial charge in [-0.2, -0.15) is 0 Å². The average molecular weight is 284 g/mol. The quantitative estimate of drug-likeness (QED) is 0.891. The summed E-state index contributed by atoms with van der Waals surface area (Å²) in [5.74, 6) is 0.444. The maximum atomic E-state index is 9.83. The molecular weight excluding hydrogens is 262 g/mol. The number of nitrogens with one attached hydrogen (secondary N) is 1. The van der Waals surface area contributed by atoms with Gasteiger partial charge in [0, 0.05) is 6.61 Å². The molecule has 2 rings (SSSR count). The van der Waals surface area contributed by atoms with Crippen LogP contribution in [0.3, 0.4) is 0 Å². The number of anilines is 1. The van der Waals surface area contributed by atoms with Crippen LogP contribution in [0.5, 0.6) is 0 Å². The molecule has 1 heterocycles. The van der Waals surface area contributed by atoms with Crippen LogP contribution in [0.1, 0.15) is 26.7 Å². The van der Waals surface area contributed by atoms with E-state index in [1.165, 1.54) is 0 Å². The van der Waals surface area contributed by atoms with Crippen molar-refractivity contribution in [3.05, 3.63) is 29.3 Å². The summed E-state index contributed by atoms with van der Waals surface area (Å²) in [4.78, 5) is 0. The fourth-order valence-corrected chi connectivity index (χ4v) is 2.71. The van der Waals surface area contributed by atoms with Gasteiger partial charge in [-0.25, -0.2) is 0 Å². The molecule has 0 radical (unpaired) electrons. The third-order valence-electron chi connectivity index (χ3n) is 3.82. The van der Waals surface area contributed by atoms with Gasteiger partial charge in [-0.1, -0.05) is 37.6 Å². The van der Waals surface area contributed by atoms with Crippen LogP contribution in [0.4, 0.5) is 5.69 Å². The fourth-order valence-electron chi connectivity index (χ4n) is 2.52. The molecule has 19 heavy (non-hydrogen) atoms. The Balaban J connectivity index is 2.16. The molecule has 1 saturated heterocycles. The molecule has 0 aromatic heterocycles. The molecule has 0 saturated carbocycles. The largest absolute Gasteiger partial charge is 0.394 e. The van der Waals surface area contributed by atoms with Gasteiger partial charge in [-0.05, 0) is 30.9 Å². The minimum Gasteiger partial charge on any atom is -0.394 e. The summed E-state index contributed by atoms with van der Waals surface area (Å²) in [6, 6.07) is 7.65. The molecule has 0 bridgehead atoms. The highest BCUT2D eigenvalue weighted by atomic mass is 35.5. The van der Waals surface area contributed by atoms with Crippen molar-refractivity contribution in [2.75, 3.05) is 18.5 Å². The maximum Gasteiger partial charge on any atom is 0.0663 e. The number of benzene rings is 1. The molecule has 2 unspecified atom stereocenters. The fraction of sp³-hybridized carbons (Fsp3) is 0.600. The molecular formula is C15H22ClNO2. The minimum atomic E-state index is -0.335. The Bertz CT molecular complexity index is 424. The lowest BCUT2D eigenvalue weighted by Crippen LogP contribution is -2.51. The van der Waals surface area contributed by atoms with E-state index in [0.29, 0.717) is 17.5 Å². The maximum absolute atomic E-state index is 9.83. The average Bonchev–Trinajstić information content (AvgIpc) is 2.42. The second-order valence-electron chi connectivity index (χ2n) is 5.65. The van der Waals surface area contributed by atoms with Gasteiger partial charge in [0.1, 0.15) is 0 Å². The molecule has 1 aliphatic heterocycles.